The van der Waals surface area contributed by atoms with E-state index in [0.717, 1.165) is 0 Å². The summed E-state index contributed by atoms with van der Waals surface area (Å²) in [5.74, 6) is 0. The quantitative estimate of drug-likeness (QED) is 0.449. The highest BCUT2D eigenvalue weighted by Gasteiger charge is 1.95. The molecule has 0 atom stereocenters. The van der Waals surface area contributed by atoms with Gasteiger partial charge in [0.25, 0.3) is 5.24 Å². The van der Waals surface area contributed by atoms with Crippen molar-refractivity contribution >= 4 is 32.8 Å². The minimum atomic E-state index is -0.456. The smallest absolute Gasteiger partial charge is 0.259 e. The highest BCUT2D eigenvalue weighted by molar-refractivity contribution is 9.12. The molecule has 0 spiro atoms. The highest BCUT2D eigenvalue weighted by atomic mass is 79.9. The molecule has 1 nitrogen and oxygen atoms in total. The Morgan fingerprint density at radius 3 is 2.29 bits per heavy atom. The number of halogens is 2. The first-order valence-corrected chi connectivity index (χ1v) is 2.87. The third kappa shape index (κ3) is 2.83. The van der Waals surface area contributed by atoms with E-state index in [-0.39, 0.29) is 0 Å². The van der Waals surface area contributed by atoms with Gasteiger partial charge in [0.15, 0.2) is 0 Å². The molecule has 0 aromatic heterocycles. The van der Waals surface area contributed by atoms with Gasteiger partial charge in [0.2, 0.25) is 0 Å². The Balaban J connectivity index is 3.82. The van der Waals surface area contributed by atoms with Crippen molar-refractivity contribution in [3.05, 3.63) is 10.6 Å². The molecule has 0 saturated heterocycles. The van der Waals surface area contributed by atoms with Gasteiger partial charge in [0.1, 0.15) is 0 Å². The Labute approximate surface area is 55.5 Å². The molecule has 7 heavy (non-hydrogen) atoms. The van der Waals surface area contributed by atoms with Crippen LogP contribution in [0.25, 0.3) is 0 Å². The molecule has 40 valence electrons. The minimum Gasteiger partial charge on any atom is -0.275 e. The molecule has 0 aliphatic heterocycles. The van der Waals surface area contributed by atoms with Crippen molar-refractivity contribution in [1.82, 2.24) is 0 Å². The molecule has 0 N–H and O–H groups in total. The van der Waals surface area contributed by atoms with E-state index in [1.165, 1.54) is 0 Å². The second-order valence-electron chi connectivity index (χ2n) is 0.910. The van der Waals surface area contributed by atoms with Crippen LogP contribution in [0.15, 0.2) is 10.6 Å². The van der Waals surface area contributed by atoms with Crippen molar-refractivity contribution in [3.8, 4) is 0 Å². The summed E-state index contributed by atoms with van der Waals surface area (Å²) in [6.07, 6.45) is 1.59. The predicted molar refractivity (Wildman–Crippen MR) is 33.5 cm³/mol. The van der Waals surface area contributed by atoms with Crippen LogP contribution in [0.3, 0.4) is 0 Å². The summed E-state index contributed by atoms with van der Waals surface area (Å²) in [7, 11) is 0. The molecule has 0 saturated carbocycles. The van der Waals surface area contributed by atoms with Gasteiger partial charge in [-0.25, -0.2) is 0 Å². The molecule has 0 aliphatic rings. The number of allylic oxidation sites excluding steroid dienone is 2. The molecule has 0 amide bonds. The van der Waals surface area contributed by atoms with Gasteiger partial charge in [-0.05, 0) is 34.5 Å². The topological polar surface area (TPSA) is 17.1 Å². The lowest BCUT2D eigenvalue weighted by atomic mass is 10.6. The maximum Gasteiger partial charge on any atom is 0.259 e. The Morgan fingerprint density at radius 1 is 1.86 bits per heavy atom. The van der Waals surface area contributed by atoms with Crippen molar-refractivity contribution in [3.63, 3.8) is 0 Å². The van der Waals surface area contributed by atoms with Gasteiger partial charge in [-0.15, -0.1) is 0 Å². The summed E-state index contributed by atoms with van der Waals surface area (Å²) >= 11 is 7.90. The fraction of sp³-hybridized carbons (Fsp3) is 0.250. The van der Waals surface area contributed by atoms with E-state index in [1.807, 2.05) is 0 Å². The zero-order chi connectivity index (χ0) is 5.86. The van der Waals surface area contributed by atoms with E-state index in [2.05, 4.69) is 15.9 Å². The van der Waals surface area contributed by atoms with Crippen LogP contribution < -0.4 is 0 Å². The lowest BCUT2D eigenvalue weighted by Gasteiger charge is -1.79. The van der Waals surface area contributed by atoms with E-state index in [4.69, 9.17) is 11.6 Å². The molecule has 3 heteroatoms. The number of carbonyl (C=O) groups is 1. The van der Waals surface area contributed by atoms with E-state index in [0.29, 0.717) is 4.48 Å². The van der Waals surface area contributed by atoms with Crippen LogP contribution in [-0.2, 0) is 4.79 Å². The first kappa shape index (κ1) is 7.18. The van der Waals surface area contributed by atoms with E-state index < -0.39 is 5.24 Å². The van der Waals surface area contributed by atoms with Gasteiger partial charge in [0.05, 0.1) is 4.48 Å². The molecule has 0 aromatic carbocycles. The third-order valence-corrected chi connectivity index (χ3v) is 1.69. The highest BCUT2D eigenvalue weighted by Crippen LogP contribution is 2.06. The second-order valence-corrected chi connectivity index (χ2v) is 2.11. The van der Waals surface area contributed by atoms with Crippen LogP contribution in [0.4, 0.5) is 0 Å². The summed E-state index contributed by atoms with van der Waals surface area (Å²) in [6, 6.07) is 0. The van der Waals surface area contributed by atoms with E-state index >= 15 is 0 Å². The molecule has 0 unspecified atom stereocenters. The molecule has 0 aromatic rings. The molecule has 0 bridgehead atoms. The van der Waals surface area contributed by atoms with E-state index in [9.17, 15) is 4.79 Å². The van der Waals surface area contributed by atoms with Crippen LogP contribution in [0.5, 0.6) is 0 Å². The van der Waals surface area contributed by atoms with E-state index in [1.54, 1.807) is 13.0 Å². The lowest BCUT2D eigenvalue weighted by Crippen LogP contribution is -1.80. The van der Waals surface area contributed by atoms with Crippen molar-refractivity contribution in [2.45, 2.75) is 6.92 Å². The van der Waals surface area contributed by atoms with Gasteiger partial charge >= 0.3 is 0 Å². The maximum absolute atomic E-state index is 10.0. The standard InChI is InChI=1S/C4H4BrClO/c1-2-3(5)4(6)7/h2H,1H3/b3-2-. The number of rotatable bonds is 1. The van der Waals surface area contributed by atoms with Crippen molar-refractivity contribution in [1.29, 1.82) is 0 Å². The predicted octanol–water partition coefficient (Wildman–Crippen LogP) is 2.05. The summed E-state index contributed by atoms with van der Waals surface area (Å²) in [4.78, 5) is 10.0. The number of carbonyl (C=O) groups excluding carboxylic acids is 1. The Kier molecular flexibility index (Phi) is 3.30. The van der Waals surface area contributed by atoms with Gasteiger partial charge in [0, 0.05) is 0 Å². The van der Waals surface area contributed by atoms with Gasteiger partial charge in [-0.2, -0.15) is 0 Å². The minimum absolute atomic E-state index is 0.411. The molecule has 0 radical (unpaired) electrons. The van der Waals surface area contributed by atoms with Gasteiger partial charge in [-0.1, -0.05) is 6.08 Å². The van der Waals surface area contributed by atoms with Crippen LogP contribution in [0.1, 0.15) is 6.92 Å². The normalized spacial score (nSPS) is 11.6. The van der Waals surface area contributed by atoms with Crippen molar-refractivity contribution in [2.24, 2.45) is 0 Å². The third-order valence-electron chi connectivity index (χ3n) is 0.441. The molecule has 0 fully saturated rings. The van der Waals surface area contributed by atoms with Crippen LogP contribution in [0.2, 0.25) is 0 Å². The fourth-order valence-electron chi connectivity index (χ4n) is 0.113. The number of hydrogen-bond acceptors (Lipinski definition) is 1. The Hall–Kier alpha value is 0.180. The summed E-state index contributed by atoms with van der Waals surface area (Å²) in [5.41, 5.74) is 0. The fourth-order valence-corrected chi connectivity index (χ4v) is 0.223. The van der Waals surface area contributed by atoms with Gasteiger partial charge in [-0.3, -0.25) is 4.79 Å². The average Bonchev–Trinajstić information content (AvgIpc) is 1.65. The maximum atomic E-state index is 10.0. The van der Waals surface area contributed by atoms with Crippen molar-refractivity contribution in [2.75, 3.05) is 0 Å². The summed E-state index contributed by atoms with van der Waals surface area (Å²) in [6.45, 7) is 1.73. The average molecular weight is 183 g/mol. The van der Waals surface area contributed by atoms with Gasteiger partial charge < -0.3 is 0 Å². The van der Waals surface area contributed by atoms with Crippen molar-refractivity contribution < 1.29 is 4.79 Å². The largest absolute Gasteiger partial charge is 0.275 e. The zero-order valence-electron chi connectivity index (χ0n) is 3.74. The Bertz CT molecular complexity index is 108. The monoisotopic (exact) mass is 182 g/mol. The first-order valence-electron chi connectivity index (χ1n) is 1.70. The molecule has 0 aliphatic carbocycles. The zero-order valence-corrected chi connectivity index (χ0v) is 6.08. The molecular formula is C4H4BrClO. The summed E-state index contributed by atoms with van der Waals surface area (Å²) in [5, 5.41) is -0.456. The first-order chi connectivity index (χ1) is 3.18. The molecule has 0 rings (SSSR count). The number of hydrogen-bond donors (Lipinski definition) is 0. The van der Waals surface area contributed by atoms with Crippen LogP contribution in [0, 0.1) is 0 Å². The Morgan fingerprint density at radius 2 is 2.29 bits per heavy atom. The second kappa shape index (κ2) is 3.22. The lowest BCUT2D eigenvalue weighted by molar-refractivity contribution is -0.107. The SMILES string of the molecule is C/C=C(\Br)C(=O)Cl. The van der Waals surface area contributed by atoms with Crippen LogP contribution >= 0.6 is 27.5 Å². The molecular weight excluding hydrogens is 179 g/mol. The summed E-state index contributed by atoms with van der Waals surface area (Å²) < 4.78 is 0.411. The van der Waals surface area contributed by atoms with Crippen LogP contribution in [-0.4, -0.2) is 5.24 Å². The molecule has 0 heterocycles.